The van der Waals surface area contributed by atoms with Gasteiger partial charge < -0.3 is 10.1 Å². The van der Waals surface area contributed by atoms with E-state index < -0.39 is 6.67 Å². The molecule has 0 fully saturated rings. The van der Waals surface area contributed by atoms with Gasteiger partial charge in [0.2, 0.25) is 5.88 Å². The fraction of sp³-hybridized carbons (Fsp3) is 0.211. The summed E-state index contributed by atoms with van der Waals surface area (Å²) in [5, 5.41) is 3.76. The van der Waals surface area contributed by atoms with E-state index in [0.717, 1.165) is 17.7 Å². The molecule has 0 saturated heterocycles. The van der Waals surface area contributed by atoms with Crippen LogP contribution in [0.3, 0.4) is 0 Å². The summed E-state index contributed by atoms with van der Waals surface area (Å²) in [5.74, 6) is 1.75. The van der Waals surface area contributed by atoms with E-state index in [9.17, 15) is 4.39 Å². The zero-order valence-corrected chi connectivity index (χ0v) is 15.0. The fourth-order valence-electron chi connectivity index (χ4n) is 2.30. The number of hydrogen-bond acceptors (Lipinski definition) is 5. The molecule has 1 N–H and O–H groups in total. The van der Waals surface area contributed by atoms with Crippen LogP contribution in [0.2, 0.25) is 5.02 Å². The molecule has 7 heteroatoms. The molecule has 0 amide bonds. The number of nitrogens with one attached hydrogen (secondary N) is 1. The standard InChI is InChI=1S/C19H18ClFN4O/c1-13-18(20)19(25-12-24-13)22-9-8-14-2-5-16(6-3-14)26-17-7-4-15(10-21)11-23-17/h2-7,11-12H,8-10H2,1H3,(H,22,24,25). The van der Waals surface area contributed by atoms with E-state index in [1.807, 2.05) is 31.2 Å². The predicted molar refractivity (Wildman–Crippen MR) is 99.5 cm³/mol. The third kappa shape index (κ3) is 4.67. The smallest absolute Gasteiger partial charge is 0.219 e. The molecule has 2 heterocycles. The normalized spacial score (nSPS) is 10.6. The molecular formula is C19H18ClFN4O. The van der Waals surface area contributed by atoms with E-state index in [1.54, 1.807) is 12.1 Å². The molecule has 3 rings (SSSR count). The lowest BCUT2D eigenvalue weighted by Gasteiger charge is -2.09. The second kappa shape index (κ2) is 8.58. The number of aromatic nitrogens is 3. The van der Waals surface area contributed by atoms with Crippen LogP contribution in [0.15, 0.2) is 48.9 Å². The van der Waals surface area contributed by atoms with Crippen molar-refractivity contribution in [2.45, 2.75) is 20.0 Å². The first kappa shape index (κ1) is 18.1. The molecule has 0 saturated carbocycles. The average Bonchev–Trinajstić information content (AvgIpc) is 2.67. The van der Waals surface area contributed by atoms with Crippen molar-refractivity contribution in [3.63, 3.8) is 0 Å². The number of rotatable bonds is 7. The minimum Gasteiger partial charge on any atom is -0.439 e. The topological polar surface area (TPSA) is 59.9 Å². The van der Waals surface area contributed by atoms with Crippen LogP contribution in [0.4, 0.5) is 10.2 Å². The molecule has 0 spiro atoms. The third-order valence-corrected chi connectivity index (χ3v) is 4.22. The largest absolute Gasteiger partial charge is 0.439 e. The molecule has 3 aromatic rings. The second-order valence-corrected chi connectivity index (χ2v) is 6.06. The molecule has 0 bridgehead atoms. The number of pyridine rings is 1. The van der Waals surface area contributed by atoms with Crippen LogP contribution in [0.1, 0.15) is 16.8 Å². The van der Waals surface area contributed by atoms with Gasteiger partial charge in [-0.15, -0.1) is 0 Å². The quantitative estimate of drug-likeness (QED) is 0.648. The Labute approximate surface area is 156 Å². The number of anilines is 1. The van der Waals surface area contributed by atoms with E-state index in [1.165, 1.54) is 12.5 Å². The molecule has 26 heavy (non-hydrogen) atoms. The number of benzene rings is 1. The third-order valence-electron chi connectivity index (χ3n) is 3.77. The van der Waals surface area contributed by atoms with Gasteiger partial charge in [-0.05, 0) is 37.1 Å². The van der Waals surface area contributed by atoms with Crippen LogP contribution in [-0.2, 0) is 13.1 Å². The van der Waals surface area contributed by atoms with Crippen molar-refractivity contribution in [3.8, 4) is 11.6 Å². The highest BCUT2D eigenvalue weighted by atomic mass is 35.5. The second-order valence-electron chi connectivity index (χ2n) is 5.68. The Balaban J connectivity index is 1.53. The summed E-state index contributed by atoms with van der Waals surface area (Å²) in [4.78, 5) is 12.2. The minimum atomic E-state index is -0.532. The summed E-state index contributed by atoms with van der Waals surface area (Å²) in [6.45, 7) is 2.01. The van der Waals surface area contributed by atoms with Crippen molar-refractivity contribution < 1.29 is 9.13 Å². The highest BCUT2D eigenvalue weighted by Crippen LogP contribution is 2.22. The molecule has 0 aliphatic rings. The Hall–Kier alpha value is -2.73. The Morgan fingerprint density at radius 2 is 1.81 bits per heavy atom. The summed E-state index contributed by atoms with van der Waals surface area (Å²) < 4.78 is 18.1. The van der Waals surface area contributed by atoms with Crippen LogP contribution < -0.4 is 10.1 Å². The predicted octanol–water partition coefficient (Wildman–Crippen LogP) is 4.75. The molecule has 134 valence electrons. The van der Waals surface area contributed by atoms with Crippen molar-refractivity contribution >= 4 is 17.4 Å². The highest BCUT2D eigenvalue weighted by molar-refractivity contribution is 6.33. The summed E-state index contributed by atoms with van der Waals surface area (Å²) in [7, 11) is 0. The monoisotopic (exact) mass is 372 g/mol. The van der Waals surface area contributed by atoms with Crippen LogP contribution in [0.25, 0.3) is 0 Å². The molecule has 0 aliphatic carbocycles. The van der Waals surface area contributed by atoms with Crippen LogP contribution in [0.5, 0.6) is 11.6 Å². The first-order valence-electron chi connectivity index (χ1n) is 8.14. The average molecular weight is 373 g/mol. The lowest BCUT2D eigenvalue weighted by atomic mass is 10.1. The maximum atomic E-state index is 12.5. The molecule has 2 aromatic heterocycles. The van der Waals surface area contributed by atoms with E-state index >= 15 is 0 Å². The summed E-state index contributed by atoms with van der Waals surface area (Å²) in [6, 6.07) is 11.0. The van der Waals surface area contributed by atoms with Gasteiger partial charge in [0.15, 0.2) is 0 Å². The fourth-order valence-corrected chi connectivity index (χ4v) is 2.47. The molecule has 1 aromatic carbocycles. The summed E-state index contributed by atoms with van der Waals surface area (Å²) in [5.41, 5.74) is 2.42. The number of ether oxygens (including phenoxy) is 1. The Morgan fingerprint density at radius 3 is 2.50 bits per heavy atom. The van der Waals surface area contributed by atoms with Crippen molar-refractivity contribution in [2.75, 3.05) is 11.9 Å². The van der Waals surface area contributed by atoms with Crippen LogP contribution in [-0.4, -0.2) is 21.5 Å². The SMILES string of the molecule is Cc1ncnc(NCCc2ccc(Oc3ccc(CF)cn3)cc2)c1Cl. The molecule has 0 atom stereocenters. The van der Waals surface area contributed by atoms with Crippen LogP contribution >= 0.6 is 11.6 Å². The van der Waals surface area contributed by atoms with Gasteiger partial charge in [0, 0.05) is 24.4 Å². The zero-order valence-electron chi connectivity index (χ0n) is 14.2. The number of aryl methyl sites for hydroxylation is 1. The Bertz CT molecular complexity index is 856. The Morgan fingerprint density at radius 1 is 1.04 bits per heavy atom. The summed E-state index contributed by atoms with van der Waals surface area (Å²) in [6.07, 6.45) is 3.77. The van der Waals surface area contributed by atoms with E-state index in [2.05, 4.69) is 20.3 Å². The maximum Gasteiger partial charge on any atom is 0.219 e. The van der Waals surface area contributed by atoms with Gasteiger partial charge in [-0.3, -0.25) is 0 Å². The van der Waals surface area contributed by atoms with Gasteiger partial charge in [-0.25, -0.2) is 19.3 Å². The Kier molecular flexibility index (Phi) is 5.96. The molecule has 0 radical (unpaired) electrons. The lowest BCUT2D eigenvalue weighted by Crippen LogP contribution is -2.07. The number of alkyl halides is 1. The molecule has 5 nitrogen and oxygen atoms in total. The highest BCUT2D eigenvalue weighted by Gasteiger charge is 2.05. The van der Waals surface area contributed by atoms with Crippen molar-refractivity contribution in [3.05, 3.63) is 70.8 Å². The van der Waals surface area contributed by atoms with Gasteiger partial charge in [0.05, 0.1) is 5.69 Å². The van der Waals surface area contributed by atoms with Gasteiger partial charge in [-0.2, -0.15) is 0 Å². The van der Waals surface area contributed by atoms with Gasteiger partial charge in [0.1, 0.15) is 29.6 Å². The van der Waals surface area contributed by atoms with Crippen molar-refractivity contribution in [2.24, 2.45) is 0 Å². The molecule has 0 unspecified atom stereocenters. The zero-order chi connectivity index (χ0) is 18.4. The minimum absolute atomic E-state index is 0.436. The van der Waals surface area contributed by atoms with Gasteiger partial charge in [-0.1, -0.05) is 23.7 Å². The number of nitrogens with zero attached hydrogens (tertiary/aromatic N) is 3. The van der Waals surface area contributed by atoms with Gasteiger partial charge in [0.25, 0.3) is 0 Å². The number of halogens is 2. The molecular weight excluding hydrogens is 355 g/mol. The summed E-state index contributed by atoms with van der Waals surface area (Å²) >= 11 is 6.16. The van der Waals surface area contributed by atoms with Crippen LogP contribution in [0, 0.1) is 6.92 Å². The van der Waals surface area contributed by atoms with Crippen molar-refractivity contribution in [1.82, 2.24) is 15.0 Å². The van der Waals surface area contributed by atoms with E-state index in [0.29, 0.717) is 34.6 Å². The van der Waals surface area contributed by atoms with Gasteiger partial charge >= 0.3 is 0 Å². The van der Waals surface area contributed by atoms with Crippen molar-refractivity contribution in [1.29, 1.82) is 0 Å². The first-order valence-corrected chi connectivity index (χ1v) is 8.52. The lowest BCUT2D eigenvalue weighted by molar-refractivity contribution is 0.457. The maximum absolute atomic E-state index is 12.5. The van der Waals surface area contributed by atoms with E-state index in [4.69, 9.17) is 16.3 Å². The molecule has 0 aliphatic heterocycles. The first-order chi connectivity index (χ1) is 12.7. The number of hydrogen-bond donors (Lipinski definition) is 1. The van der Waals surface area contributed by atoms with E-state index in [-0.39, 0.29) is 0 Å².